The highest BCUT2D eigenvalue weighted by atomic mass is 35.5. The van der Waals surface area contributed by atoms with Gasteiger partial charge in [0.25, 0.3) is 0 Å². The number of hydrogen-bond acceptors (Lipinski definition) is 2. The van der Waals surface area contributed by atoms with Crippen LogP contribution >= 0.6 is 11.6 Å². The number of aliphatic hydroxyl groups excluding tert-OH is 1. The number of imidazole rings is 1. The molecule has 0 aliphatic carbocycles. The van der Waals surface area contributed by atoms with E-state index in [1.165, 1.54) is 0 Å². The first-order valence-electron chi connectivity index (χ1n) is 5.36. The fourth-order valence-corrected chi connectivity index (χ4v) is 2.09. The fraction of sp³-hybridized carbons (Fsp3) is 0.417. The molecule has 0 bridgehead atoms. The van der Waals surface area contributed by atoms with Gasteiger partial charge in [-0.2, -0.15) is 0 Å². The average Bonchev–Trinajstić information content (AvgIpc) is 2.55. The Bertz CT molecular complexity index is 517. The zero-order valence-corrected chi connectivity index (χ0v) is 10.4. The molecule has 0 aliphatic rings. The summed E-state index contributed by atoms with van der Waals surface area (Å²) in [6.45, 7) is 5.87. The Morgan fingerprint density at radius 2 is 2.00 bits per heavy atom. The van der Waals surface area contributed by atoms with Gasteiger partial charge in [0, 0.05) is 11.1 Å². The summed E-state index contributed by atoms with van der Waals surface area (Å²) in [5.41, 5.74) is 1.84. The van der Waals surface area contributed by atoms with Crippen molar-refractivity contribution in [3.63, 3.8) is 0 Å². The summed E-state index contributed by atoms with van der Waals surface area (Å²) in [4.78, 5) is 4.42. The highest BCUT2D eigenvalue weighted by Crippen LogP contribution is 2.26. The normalized spacial score (nSPS) is 13.6. The van der Waals surface area contributed by atoms with Crippen molar-refractivity contribution in [2.75, 3.05) is 0 Å². The van der Waals surface area contributed by atoms with Crippen LogP contribution < -0.4 is 0 Å². The predicted octanol–water partition coefficient (Wildman–Crippen LogP) is 3.32. The standard InChI is InChI=1S/C12H15ClN2O/c1-7(2)15-11-5-4-9(13)6-10(11)14-12(15)8(3)16/h4-8,16H,1-3H3. The van der Waals surface area contributed by atoms with Crippen LogP contribution in [0.4, 0.5) is 0 Å². The van der Waals surface area contributed by atoms with Gasteiger partial charge in [0.2, 0.25) is 0 Å². The number of nitrogens with zero attached hydrogens (tertiary/aromatic N) is 2. The lowest BCUT2D eigenvalue weighted by atomic mass is 10.3. The van der Waals surface area contributed by atoms with E-state index in [0.717, 1.165) is 11.0 Å². The van der Waals surface area contributed by atoms with Crippen molar-refractivity contribution in [2.45, 2.75) is 32.9 Å². The van der Waals surface area contributed by atoms with Crippen molar-refractivity contribution in [3.05, 3.63) is 29.0 Å². The first-order valence-corrected chi connectivity index (χ1v) is 5.74. The van der Waals surface area contributed by atoms with Gasteiger partial charge < -0.3 is 9.67 Å². The zero-order valence-electron chi connectivity index (χ0n) is 9.61. The Morgan fingerprint density at radius 1 is 1.31 bits per heavy atom. The van der Waals surface area contributed by atoms with Crippen LogP contribution in [0.15, 0.2) is 18.2 Å². The van der Waals surface area contributed by atoms with Gasteiger partial charge in [-0.25, -0.2) is 4.98 Å². The Morgan fingerprint density at radius 3 is 2.56 bits per heavy atom. The van der Waals surface area contributed by atoms with E-state index in [0.29, 0.717) is 10.8 Å². The maximum absolute atomic E-state index is 9.71. The van der Waals surface area contributed by atoms with Gasteiger partial charge in [-0.15, -0.1) is 0 Å². The predicted molar refractivity (Wildman–Crippen MR) is 65.8 cm³/mol. The molecule has 3 nitrogen and oxygen atoms in total. The number of fused-ring (bicyclic) bond motifs is 1. The van der Waals surface area contributed by atoms with Gasteiger partial charge in [-0.3, -0.25) is 0 Å². The Kier molecular flexibility index (Phi) is 2.91. The van der Waals surface area contributed by atoms with E-state index in [1.54, 1.807) is 6.92 Å². The topological polar surface area (TPSA) is 38.1 Å². The second-order valence-corrected chi connectivity index (χ2v) is 4.68. The van der Waals surface area contributed by atoms with E-state index >= 15 is 0 Å². The number of benzene rings is 1. The van der Waals surface area contributed by atoms with Crippen LogP contribution in [0.5, 0.6) is 0 Å². The number of aromatic nitrogens is 2. The van der Waals surface area contributed by atoms with Crippen LogP contribution in [0.3, 0.4) is 0 Å². The SMILES string of the molecule is CC(O)c1nc2cc(Cl)ccc2n1C(C)C. The molecule has 0 saturated heterocycles. The number of hydrogen-bond donors (Lipinski definition) is 1. The first-order chi connectivity index (χ1) is 7.50. The van der Waals surface area contributed by atoms with Gasteiger partial charge >= 0.3 is 0 Å². The molecule has 2 aromatic rings. The monoisotopic (exact) mass is 238 g/mol. The van der Waals surface area contributed by atoms with Crippen molar-refractivity contribution >= 4 is 22.6 Å². The maximum atomic E-state index is 9.71. The molecule has 16 heavy (non-hydrogen) atoms. The second-order valence-electron chi connectivity index (χ2n) is 4.24. The fourth-order valence-electron chi connectivity index (χ4n) is 1.93. The van der Waals surface area contributed by atoms with E-state index in [2.05, 4.69) is 18.8 Å². The summed E-state index contributed by atoms with van der Waals surface area (Å²) in [6, 6.07) is 5.87. The molecule has 0 radical (unpaired) electrons. The summed E-state index contributed by atoms with van der Waals surface area (Å²) in [6.07, 6.45) is -0.575. The Balaban J connectivity index is 2.75. The van der Waals surface area contributed by atoms with E-state index in [9.17, 15) is 5.11 Å². The summed E-state index contributed by atoms with van der Waals surface area (Å²) in [5, 5.41) is 10.4. The molecule has 1 aromatic heterocycles. The lowest BCUT2D eigenvalue weighted by molar-refractivity contribution is 0.182. The smallest absolute Gasteiger partial charge is 0.138 e. The average molecular weight is 239 g/mol. The third-order valence-corrected chi connectivity index (χ3v) is 2.80. The van der Waals surface area contributed by atoms with E-state index in [-0.39, 0.29) is 6.04 Å². The van der Waals surface area contributed by atoms with Crippen molar-refractivity contribution < 1.29 is 5.11 Å². The summed E-state index contributed by atoms with van der Waals surface area (Å²) < 4.78 is 2.04. The molecule has 1 atom stereocenters. The largest absolute Gasteiger partial charge is 0.385 e. The number of halogens is 1. The van der Waals surface area contributed by atoms with Crippen molar-refractivity contribution in [3.8, 4) is 0 Å². The highest BCUT2D eigenvalue weighted by molar-refractivity contribution is 6.31. The molecule has 0 saturated carbocycles. The van der Waals surface area contributed by atoms with Gasteiger partial charge in [-0.05, 0) is 39.0 Å². The van der Waals surface area contributed by atoms with Crippen LogP contribution in [0, 0.1) is 0 Å². The molecule has 0 spiro atoms. The Hall–Kier alpha value is -1.06. The highest BCUT2D eigenvalue weighted by Gasteiger charge is 2.16. The zero-order chi connectivity index (χ0) is 11.9. The second kappa shape index (κ2) is 4.07. The minimum absolute atomic E-state index is 0.260. The summed E-state index contributed by atoms with van der Waals surface area (Å²) >= 11 is 5.93. The molecule has 4 heteroatoms. The molecular weight excluding hydrogens is 224 g/mol. The molecule has 0 amide bonds. The summed E-state index contributed by atoms with van der Waals surface area (Å²) in [7, 11) is 0. The number of rotatable bonds is 2. The molecule has 86 valence electrons. The molecule has 0 aliphatic heterocycles. The minimum Gasteiger partial charge on any atom is -0.385 e. The van der Waals surface area contributed by atoms with Crippen LogP contribution in [-0.2, 0) is 0 Å². The van der Waals surface area contributed by atoms with Crippen molar-refractivity contribution in [1.29, 1.82) is 0 Å². The summed E-state index contributed by atoms with van der Waals surface area (Å²) in [5.74, 6) is 0.687. The first kappa shape index (κ1) is 11.4. The van der Waals surface area contributed by atoms with Crippen molar-refractivity contribution in [1.82, 2.24) is 9.55 Å². The van der Waals surface area contributed by atoms with Crippen LogP contribution in [0.2, 0.25) is 5.02 Å². The molecule has 1 heterocycles. The molecule has 0 fully saturated rings. The van der Waals surface area contributed by atoms with Crippen molar-refractivity contribution in [2.24, 2.45) is 0 Å². The van der Waals surface area contributed by atoms with Crippen LogP contribution in [0.25, 0.3) is 11.0 Å². The van der Waals surface area contributed by atoms with E-state index < -0.39 is 6.10 Å². The lowest BCUT2D eigenvalue weighted by Crippen LogP contribution is -2.08. The van der Waals surface area contributed by atoms with Crippen LogP contribution in [0.1, 0.15) is 38.7 Å². The maximum Gasteiger partial charge on any atom is 0.138 e. The van der Waals surface area contributed by atoms with E-state index in [4.69, 9.17) is 11.6 Å². The molecule has 2 rings (SSSR count). The number of aliphatic hydroxyl groups is 1. The third kappa shape index (κ3) is 1.81. The molecular formula is C12H15ClN2O. The molecule has 1 N–H and O–H groups in total. The van der Waals surface area contributed by atoms with Gasteiger partial charge in [0.1, 0.15) is 11.9 Å². The minimum atomic E-state index is -0.575. The van der Waals surface area contributed by atoms with Gasteiger partial charge in [0.15, 0.2) is 0 Å². The molecule has 1 unspecified atom stereocenters. The van der Waals surface area contributed by atoms with Crippen LogP contribution in [-0.4, -0.2) is 14.7 Å². The molecule has 1 aromatic carbocycles. The Labute approximate surface area is 99.7 Å². The van der Waals surface area contributed by atoms with Gasteiger partial charge in [-0.1, -0.05) is 11.6 Å². The third-order valence-electron chi connectivity index (χ3n) is 2.57. The lowest BCUT2D eigenvalue weighted by Gasteiger charge is -2.14. The van der Waals surface area contributed by atoms with E-state index in [1.807, 2.05) is 22.8 Å². The quantitative estimate of drug-likeness (QED) is 0.872. The van der Waals surface area contributed by atoms with Gasteiger partial charge in [0.05, 0.1) is 11.0 Å².